The van der Waals surface area contributed by atoms with E-state index >= 15 is 0 Å². The number of fused-ring (bicyclic) bond motifs is 2. The molecule has 2 fully saturated rings. The van der Waals surface area contributed by atoms with Crippen LogP contribution in [0.4, 0.5) is 0 Å². The Labute approximate surface area is 170 Å². The van der Waals surface area contributed by atoms with Crippen molar-refractivity contribution in [3.05, 3.63) is 52.6 Å². The summed E-state index contributed by atoms with van der Waals surface area (Å²) in [5.74, 6) is -0.453. The lowest BCUT2D eigenvalue weighted by atomic mass is 9.79. The van der Waals surface area contributed by atoms with Crippen molar-refractivity contribution >= 4 is 11.6 Å². The van der Waals surface area contributed by atoms with Crippen molar-refractivity contribution in [1.29, 1.82) is 0 Å². The first-order valence-electron chi connectivity index (χ1n) is 9.84. The standard InChI is InChI=1S/C22H27ClO5/c1-3-26-17-7-4-14(5-8-17)10-15-11-16(6-9-18(15)23)22-20(25)12-19(24)21(2,28-22)13-27-22/h4-9,16,19-20,24-25H,3,10-13H2,1-2H3/t16?,19-,20+,21-,22-/m0/s1. The average Bonchev–Trinajstić information content (AvgIpc) is 3.01. The largest absolute Gasteiger partial charge is 0.494 e. The molecule has 5 nitrogen and oxygen atoms in total. The van der Waals surface area contributed by atoms with Gasteiger partial charge >= 0.3 is 0 Å². The third kappa shape index (κ3) is 3.40. The Morgan fingerprint density at radius 1 is 1.21 bits per heavy atom. The lowest BCUT2D eigenvalue weighted by molar-refractivity contribution is -0.300. The zero-order valence-electron chi connectivity index (χ0n) is 16.2. The van der Waals surface area contributed by atoms with Crippen LogP contribution in [-0.4, -0.2) is 47.0 Å². The quantitative estimate of drug-likeness (QED) is 0.785. The van der Waals surface area contributed by atoms with Crippen LogP contribution >= 0.6 is 11.6 Å². The van der Waals surface area contributed by atoms with Gasteiger partial charge in [0, 0.05) is 17.4 Å². The Hall–Kier alpha value is -1.37. The van der Waals surface area contributed by atoms with Crippen molar-refractivity contribution in [3.8, 4) is 5.75 Å². The molecule has 1 aromatic rings. The van der Waals surface area contributed by atoms with Gasteiger partial charge in [-0.05, 0) is 56.0 Å². The molecule has 2 saturated heterocycles. The minimum absolute atomic E-state index is 0.169. The molecule has 2 N–H and O–H groups in total. The van der Waals surface area contributed by atoms with Gasteiger partial charge in [-0.2, -0.15) is 0 Å². The molecule has 1 unspecified atom stereocenters. The van der Waals surface area contributed by atoms with Crippen LogP contribution in [0.1, 0.15) is 32.3 Å². The first-order valence-corrected chi connectivity index (χ1v) is 10.2. The monoisotopic (exact) mass is 406 g/mol. The third-order valence-electron chi connectivity index (χ3n) is 6.04. The fraction of sp³-hybridized carbons (Fsp3) is 0.545. The lowest BCUT2D eigenvalue weighted by Gasteiger charge is -2.46. The van der Waals surface area contributed by atoms with Crippen LogP contribution in [0, 0.1) is 5.92 Å². The second kappa shape index (κ2) is 7.47. The number of aliphatic hydroxyl groups is 2. The molecule has 1 aromatic carbocycles. The lowest BCUT2D eigenvalue weighted by Crippen LogP contribution is -2.59. The van der Waals surface area contributed by atoms with Crippen LogP contribution in [-0.2, 0) is 15.9 Å². The second-order valence-electron chi connectivity index (χ2n) is 8.07. The van der Waals surface area contributed by atoms with Crippen LogP contribution in [0.3, 0.4) is 0 Å². The molecule has 5 atom stereocenters. The van der Waals surface area contributed by atoms with E-state index in [1.54, 1.807) is 0 Å². The minimum Gasteiger partial charge on any atom is -0.494 e. The SMILES string of the molecule is CCOc1ccc(CC2=C(Cl)C=CC([C@]34OC[C@](C)(O3)[C@@H](O)C[C@H]4O)C2)cc1. The number of halogens is 1. The highest BCUT2D eigenvalue weighted by atomic mass is 35.5. The van der Waals surface area contributed by atoms with Gasteiger partial charge < -0.3 is 24.4 Å². The van der Waals surface area contributed by atoms with Crippen LogP contribution in [0.25, 0.3) is 0 Å². The molecule has 0 spiro atoms. The first kappa shape index (κ1) is 19.9. The molecule has 3 aliphatic rings. The van der Waals surface area contributed by atoms with Gasteiger partial charge in [0.2, 0.25) is 5.79 Å². The Kier molecular flexibility index (Phi) is 5.31. The summed E-state index contributed by atoms with van der Waals surface area (Å²) in [5.41, 5.74) is 1.43. The van der Waals surface area contributed by atoms with E-state index in [2.05, 4.69) is 0 Å². The van der Waals surface area contributed by atoms with E-state index in [1.807, 2.05) is 50.3 Å². The highest BCUT2D eigenvalue weighted by Gasteiger charge is 2.63. The normalized spacial score (nSPS) is 37.4. The van der Waals surface area contributed by atoms with E-state index in [0.717, 1.165) is 16.9 Å². The minimum atomic E-state index is -1.13. The predicted octanol–water partition coefficient (Wildman–Crippen LogP) is 3.32. The maximum atomic E-state index is 10.7. The molecule has 0 aromatic heterocycles. The summed E-state index contributed by atoms with van der Waals surface area (Å²) in [5, 5.41) is 21.7. The smallest absolute Gasteiger partial charge is 0.202 e. The fourth-order valence-corrected chi connectivity index (χ4v) is 4.58. The zero-order valence-corrected chi connectivity index (χ0v) is 17.0. The number of rotatable bonds is 5. The fourth-order valence-electron chi connectivity index (χ4n) is 4.36. The van der Waals surface area contributed by atoms with Crippen molar-refractivity contribution in [1.82, 2.24) is 0 Å². The maximum absolute atomic E-state index is 10.7. The van der Waals surface area contributed by atoms with Crippen LogP contribution in [0.5, 0.6) is 5.75 Å². The maximum Gasteiger partial charge on any atom is 0.202 e. The van der Waals surface area contributed by atoms with Crippen molar-refractivity contribution in [2.75, 3.05) is 13.2 Å². The molecular formula is C22H27ClO5. The molecule has 28 heavy (non-hydrogen) atoms. The Bertz CT molecular complexity index is 789. The van der Waals surface area contributed by atoms with E-state index < -0.39 is 23.6 Å². The summed E-state index contributed by atoms with van der Waals surface area (Å²) in [7, 11) is 0. The number of benzene rings is 1. The molecule has 2 aliphatic heterocycles. The van der Waals surface area contributed by atoms with Crippen molar-refractivity contribution in [2.24, 2.45) is 5.92 Å². The molecule has 0 amide bonds. The van der Waals surface area contributed by atoms with Gasteiger partial charge in [0.1, 0.15) is 17.5 Å². The summed E-state index contributed by atoms with van der Waals surface area (Å²) < 4.78 is 17.7. The Morgan fingerprint density at radius 2 is 1.96 bits per heavy atom. The summed E-state index contributed by atoms with van der Waals surface area (Å²) in [6.07, 6.45) is 3.77. The van der Waals surface area contributed by atoms with Gasteiger partial charge in [-0.1, -0.05) is 29.8 Å². The van der Waals surface area contributed by atoms with Gasteiger partial charge in [-0.15, -0.1) is 0 Å². The number of aliphatic hydroxyl groups excluding tert-OH is 2. The molecular weight excluding hydrogens is 380 g/mol. The average molecular weight is 407 g/mol. The highest BCUT2D eigenvalue weighted by molar-refractivity contribution is 6.31. The van der Waals surface area contributed by atoms with E-state index in [1.165, 1.54) is 0 Å². The second-order valence-corrected chi connectivity index (χ2v) is 8.47. The number of hydrogen-bond acceptors (Lipinski definition) is 5. The van der Waals surface area contributed by atoms with Crippen molar-refractivity contribution in [3.63, 3.8) is 0 Å². The molecule has 1 aliphatic carbocycles. The van der Waals surface area contributed by atoms with Gasteiger partial charge in [0.05, 0.1) is 19.3 Å². The molecule has 152 valence electrons. The summed E-state index contributed by atoms with van der Waals surface area (Å²) in [4.78, 5) is 0. The highest BCUT2D eigenvalue weighted by Crippen LogP contribution is 2.50. The molecule has 4 rings (SSSR count). The van der Waals surface area contributed by atoms with E-state index in [-0.39, 0.29) is 18.9 Å². The topological polar surface area (TPSA) is 68.2 Å². The van der Waals surface area contributed by atoms with Crippen molar-refractivity contribution < 1.29 is 24.4 Å². The van der Waals surface area contributed by atoms with E-state index in [0.29, 0.717) is 24.5 Å². The molecule has 6 heteroatoms. The summed E-state index contributed by atoms with van der Waals surface area (Å²) >= 11 is 6.49. The first-order chi connectivity index (χ1) is 13.4. The van der Waals surface area contributed by atoms with E-state index in [4.69, 9.17) is 25.8 Å². The van der Waals surface area contributed by atoms with Crippen molar-refractivity contribution in [2.45, 2.75) is 56.7 Å². The van der Waals surface area contributed by atoms with E-state index in [9.17, 15) is 10.2 Å². The predicted molar refractivity (Wildman–Crippen MR) is 106 cm³/mol. The van der Waals surface area contributed by atoms with Gasteiger partial charge in [-0.3, -0.25) is 0 Å². The number of hydrogen-bond donors (Lipinski definition) is 2. The van der Waals surface area contributed by atoms with Crippen LogP contribution in [0.15, 0.2) is 47.0 Å². The molecule has 2 heterocycles. The number of ether oxygens (including phenoxy) is 3. The number of allylic oxidation sites excluding steroid dienone is 3. The summed E-state index contributed by atoms with van der Waals surface area (Å²) in [6.45, 7) is 4.70. The molecule has 0 radical (unpaired) electrons. The van der Waals surface area contributed by atoms with Gasteiger partial charge in [-0.25, -0.2) is 0 Å². The van der Waals surface area contributed by atoms with Gasteiger partial charge in [0.15, 0.2) is 0 Å². The summed E-state index contributed by atoms with van der Waals surface area (Å²) in [6, 6.07) is 8.00. The molecule has 0 saturated carbocycles. The molecule has 2 bridgehead atoms. The zero-order chi connectivity index (χ0) is 19.9. The Balaban J connectivity index is 1.52. The van der Waals surface area contributed by atoms with Gasteiger partial charge in [0.25, 0.3) is 0 Å². The van der Waals surface area contributed by atoms with Crippen LogP contribution < -0.4 is 4.74 Å². The third-order valence-corrected chi connectivity index (χ3v) is 6.43. The van der Waals surface area contributed by atoms with Crippen LogP contribution in [0.2, 0.25) is 0 Å². The Morgan fingerprint density at radius 3 is 2.68 bits per heavy atom.